The van der Waals surface area contributed by atoms with Crippen molar-refractivity contribution in [1.29, 1.82) is 0 Å². The number of likely N-dealkylation sites (tertiary alicyclic amines) is 1. The Hall–Kier alpha value is -1.53. The van der Waals surface area contributed by atoms with Gasteiger partial charge in [0, 0.05) is 17.6 Å². The lowest BCUT2D eigenvalue weighted by Crippen LogP contribution is -2.50. The van der Waals surface area contributed by atoms with Crippen LogP contribution in [0.3, 0.4) is 0 Å². The molecular formula is C19H23ClN4OS. The normalized spacial score (nSPS) is 22.9. The molecule has 138 valence electrons. The second-order valence-corrected chi connectivity index (χ2v) is 8.47. The minimum atomic E-state index is 0.229. The van der Waals surface area contributed by atoms with E-state index >= 15 is 0 Å². The SMILES string of the molecule is O=C(CSc1nncn1-c1cccc(Cl)c1)N1CCC[C@@H]2CCCC[C@H]21. The molecule has 1 saturated carbocycles. The molecule has 1 aliphatic carbocycles. The van der Waals surface area contributed by atoms with E-state index < -0.39 is 0 Å². The third-order valence-electron chi connectivity index (χ3n) is 5.49. The highest BCUT2D eigenvalue weighted by molar-refractivity contribution is 7.99. The van der Waals surface area contributed by atoms with Crippen LogP contribution in [0.15, 0.2) is 35.7 Å². The topological polar surface area (TPSA) is 51.0 Å². The van der Waals surface area contributed by atoms with Crippen LogP contribution in [0.25, 0.3) is 5.69 Å². The van der Waals surface area contributed by atoms with Crippen LogP contribution in [0.4, 0.5) is 0 Å². The van der Waals surface area contributed by atoms with Crippen molar-refractivity contribution >= 4 is 29.3 Å². The number of thioether (sulfide) groups is 1. The zero-order chi connectivity index (χ0) is 17.9. The van der Waals surface area contributed by atoms with E-state index in [-0.39, 0.29) is 5.91 Å². The Morgan fingerprint density at radius 3 is 2.96 bits per heavy atom. The number of rotatable bonds is 4. The molecule has 2 heterocycles. The van der Waals surface area contributed by atoms with Crippen molar-refractivity contribution in [2.75, 3.05) is 12.3 Å². The number of carbonyl (C=O) groups excluding carboxylic acids is 1. The minimum absolute atomic E-state index is 0.229. The first-order chi connectivity index (χ1) is 12.7. The third-order valence-corrected chi connectivity index (χ3v) is 6.65. The number of piperidine rings is 1. The van der Waals surface area contributed by atoms with Crippen LogP contribution < -0.4 is 0 Å². The molecule has 1 saturated heterocycles. The van der Waals surface area contributed by atoms with Crippen LogP contribution in [0.5, 0.6) is 0 Å². The molecule has 5 nitrogen and oxygen atoms in total. The lowest BCUT2D eigenvalue weighted by Gasteiger charge is -2.44. The van der Waals surface area contributed by atoms with Gasteiger partial charge in [0.25, 0.3) is 0 Å². The molecule has 0 radical (unpaired) electrons. The summed E-state index contributed by atoms with van der Waals surface area (Å²) in [6.45, 7) is 0.904. The summed E-state index contributed by atoms with van der Waals surface area (Å²) >= 11 is 7.54. The Labute approximate surface area is 163 Å². The molecule has 2 atom stereocenters. The highest BCUT2D eigenvalue weighted by Gasteiger charge is 2.35. The van der Waals surface area contributed by atoms with Gasteiger partial charge in [0.1, 0.15) is 6.33 Å². The van der Waals surface area contributed by atoms with Gasteiger partial charge in [-0.25, -0.2) is 0 Å². The van der Waals surface area contributed by atoms with E-state index in [1.165, 1.54) is 43.9 Å². The van der Waals surface area contributed by atoms with Gasteiger partial charge in [0.15, 0.2) is 5.16 Å². The number of nitrogens with zero attached hydrogens (tertiary/aromatic N) is 4. The fourth-order valence-electron chi connectivity index (χ4n) is 4.27. The van der Waals surface area contributed by atoms with Crippen molar-refractivity contribution in [2.45, 2.75) is 49.7 Å². The van der Waals surface area contributed by atoms with E-state index in [2.05, 4.69) is 15.1 Å². The Morgan fingerprint density at radius 2 is 2.08 bits per heavy atom. The Morgan fingerprint density at radius 1 is 1.23 bits per heavy atom. The number of halogens is 1. The fraction of sp³-hybridized carbons (Fsp3) is 0.526. The van der Waals surface area contributed by atoms with Crippen LogP contribution in [-0.4, -0.2) is 43.9 Å². The highest BCUT2D eigenvalue weighted by Crippen LogP contribution is 2.35. The summed E-state index contributed by atoms with van der Waals surface area (Å²) in [5.74, 6) is 1.34. The second kappa shape index (κ2) is 8.01. The number of hydrogen-bond donors (Lipinski definition) is 0. The van der Waals surface area contributed by atoms with E-state index in [1.54, 1.807) is 6.33 Å². The summed E-state index contributed by atoms with van der Waals surface area (Å²) in [6, 6.07) is 8.01. The van der Waals surface area contributed by atoms with Crippen molar-refractivity contribution < 1.29 is 4.79 Å². The van der Waals surface area contributed by atoms with Crippen molar-refractivity contribution in [3.63, 3.8) is 0 Å². The lowest BCUT2D eigenvalue weighted by atomic mass is 9.78. The van der Waals surface area contributed by atoms with Gasteiger partial charge in [-0.2, -0.15) is 0 Å². The molecule has 7 heteroatoms. The Kier molecular flexibility index (Phi) is 5.50. The smallest absolute Gasteiger partial charge is 0.233 e. The average Bonchev–Trinajstić information content (AvgIpc) is 3.14. The molecule has 1 aromatic heterocycles. The van der Waals surface area contributed by atoms with Crippen LogP contribution in [0, 0.1) is 5.92 Å². The minimum Gasteiger partial charge on any atom is -0.339 e. The van der Waals surface area contributed by atoms with Gasteiger partial charge in [-0.15, -0.1) is 10.2 Å². The third kappa shape index (κ3) is 3.76. The molecule has 4 rings (SSSR count). The summed E-state index contributed by atoms with van der Waals surface area (Å²) in [5.41, 5.74) is 0.905. The van der Waals surface area contributed by atoms with Crippen LogP contribution in [-0.2, 0) is 4.79 Å². The zero-order valence-corrected chi connectivity index (χ0v) is 16.3. The fourth-order valence-corrected chi connectivity index (χ4v) is 5.27. The number of amides is 1. The molecular weight excluding hydrogens is 368 g/mol. The summed E-state index contributed by atoms with van der Waals surface area (Å²) in [4.78, 5) is 15.0. The quantitative estimate of drug-likeness (QED) is 0.734. The molecule has 2 aromatic rings. The Bertz CT molecular complexity index is 778. The van der Waals surface area contributed by atoms with E-state index in [4.69, 9.17) is 11.6 Å². The maximum absolute atomic E-state index is 12.9. The van der Waals surface area contributed by atoms with Gasteiger partial charge in [-0.05, 0) is 49.8 Å². The maximum Gasteiger partial charge on any atom is 0.233 e. The molecule has 26 heavy (non-hydrogen) atoms. The summed E-state index contributed by atoms with van der Waals surface area (Å²) in [6.07, 6.45) is 9.10. The van der Waals surface area contributed by atoms with Gasteiger partial charge in [-0.1, -0.05) is 42.3 Å². The van der Waals surface area contributed by atoms with Gasteiger partial charge in [0.05, 0.1) is 11.4 Å². The molecule has 1 amide bonds. The molecule has 2 fully saturated rings. The van der Waals surface area contributed by atoms with E-state index in [0.717, 1.165) is 23.8 Å². The van der Waals surface area contributed by atoms with Crippen LogP contribution in [0.2, 0.25) is 5.02 Å². The van der Waals surface area contributed by atoms with E-state index in [0.29, 0.717) is 22.7 Å². The molecule has 1 aliphatic heterocycles. The number of fused-ring (bicyclic) bond motifs is 1. The van der Waals surface area contributed by atoms with Crippen molar-refractivity contribution in [2.24, 2.45) is 5.92 Å². The van der Waals surface area contributed by atoms with Gasteiger partial charge >= 0.3 is 0 Å². The molecule has 0 spiro atoms. The number of hydrogen-bond acceptors (Lipinski definition) is 4. The standard InChI is InChI=1S/C19H23ClN4OS/c20-15-7-3-8-16(11-15)24-13-21-22-19(24)26-12-18(25)23-10-4-6-14-5-1-2-9-17(14)23/h3,7-8,11,13-14,17H,1-2,4-6,9-10,12H2/t14-,17+/m0/s1. The first-order valence-corrected chi connectivity index (χ1v) is 10.7. The number of carbonyl (C=O) groups is 1. The first-order valence-electron chi connectivity index (χ1n) is 9.30. The van der Waals surface area contributed by atoms with Crippen molar-refractivity contribution in [3.8, 4) is 5.69 Å². The lowest BCUT2D eigenvalue weighted by molar-refractivity contribution is -0.134. The largest absolute Gasteiger partial charge is 0.339 e. The molecule has 2 aliphatic rings. The van der Waals surface area contributed by atoms with Crippen LogP contribution in [0.1, 0.15) is 38.5 Å². The maximum atomic E-state index is 12.9. The second-order valence-electron chi connectivity index (χ2n) is 7.09. The van der Waals surface area contributed by atoms with Crippen LogP contribution >= 0.6 is 23.4 Å². The molecule has 0 unspecified atom stereocenters. The van der Waals surface area contributed by atoms with Crippen molar-refractivity contribution in [1.82, 2.24) is 19.7 Å². The first kappa shape index (κ1) is 17.9. The predicted molar refractivity (Wildman–Crippen MR) is 104 cm³/mol. The summed E-state index contributed by atoms with van der Waals surface area (Å²) in [7, 11) is 0. The highest BCUT2D eigenvalue weighted by atomic mass is 35.5. The van der Waals surface area contributed by atoms with Gasteiger partial charge < -0.3 is 4.90 Å². The molecule has 1 aromatic carbocycles. The van der Waals surface area contributed by atoms with E-state index in [9.17, 15) is 4.79 Å². The molecule has 0 N–H and O–H groups in total. The van der Waals surface area contributed by atoms with Gasteiger partial charge in [0.2, 0.25) is 5.91 Å². The predicted octanol–water partition coefficient (Wildman–Crippen LogP) is 4.19. The number of benzene rings is 1. The number of aromatic nitrogens is 3. The monoisotopic (exact) mass is 390 g/mol. The summed E-state index contributed by atoms with van der Waals surface area (Å²) < 4.78 is 1.88. The summed E-state index contributed by atoms with van der Waals surface area (Å²) in [5, 5.41) is 9.58. The van der Waals surface area contributed by atoms with Gasteiger partial charge in [-0.3, -0.25) is 9.36 Å². The average molecular weight is 391 g/mol. The van der Waals surface area contributed by atoms with Crippen molar-refractivity contribution in [3.05, 3.63) is 35.6 Å². The zero-order valence-electron chi connectivity index (χ0n) is 14.7. The Balaban J connectivity index is 1.43. The molecule has 0 bridgehead atoms. The van der Waals surface area contributed by atoms with E-state index in [1.807, 2.05) is 28.8 Å².